The molecule has 0 amide bonds. The van der Waals surface area contributed by atoms with Gasteiger partial charge in [-0.2, -0.15) is 0 Å². The van der Waals surface area contributed by atoms with Gasteiger partial charge in [0.25, 0.3) is 5.69 Å². The monoisotopic (exact) mass is 307 g/mol. The van der Waals surface area contributed by atoms with E-state index in [2.05, 4.69) is 6.92 Å². The van der Waals surface area contributed by atoms with Crippen molar-refractivity contribution in [1.82, 2.24) is 4.57 Å². The van der Waals surface area contributed by atoms with Gasteiger partial charge in [-0.1, -0.05) is 18.5 Å². The Balaban J connectivity index is 2.10. The highest BCUT2D eigenvalue weighted by atomic mass is 35.5. The lowest BCUT2D eigenvalue weighted by atomic mass is 10.1. The van der Waals surface area contributed by atoms with Crippen molar-refractivity contribution in [2.24, 2.45) is 5.73 Å². The molecule has 112 valence electrons. The number of rotatable bonds is 6. The Morgan fingerprint density at radius 1 is 1.43 bits per heavy atom. The zero-order chi connectivity index (χ0) is 15.4. The van der Waals surface area contributed by atoms with E-state index < -0.39 is 4.92 Å². The molecule has 2 rings (SSSR count). The molecule has 1 aromatic heterocycles. The number of aromatic nitrogens is 1. The van der Waals surface area contributed by atoms with E-state index in [1.807, 2.05) is 23.0 Å². The number of non-ortho nitro benzene ring substituents is 1. The topological polar surface area (TPSA) is 74.1 Å². The van der Waals surface area contributed by atoms with Crippen LogP contribution in [0.4, 0.5) is 5.69 Å². The molecule has 1 unspecified atom stereocenters. The van der Waals surface area contributed by atoms with Crippen LogP contribution >= 0.6 is 11.6 Å². The molecule has 0 aliphatic carbocycles. The van der Waals surface area contributed by atoms with Crippen molar-refractivity contribution in [2.75, 3.05) is 0 Å². The number of benzene rings is 1. The fourth-order valence-electron chi connectivity index (χ4n) is 2.13. The maximum atomic E-state index is 10.7. The van der Waals surface area contributed by atoms with Crippen LogP contribution in [-0.4, -0.2) is 15.5 Å². The molecular formula is C15H18ClN3O2. The van der Waals surface area contributed by atoms with Gasteiger partial charge in [-0.3, -0.25) is 10.1 Å². The summed E-state index contributed by atoms with van der Waals surface area (Å²) in [6, 6.07) is 6.75. The number of nitrogens with zero attached hydrogens (tertiary/aromatic N) is 2. The second kappa shape index (κ2) is 6.74. The SMILES string of the molecule is CCC(N)Cc1ccn(Cc2ccc([N+](=O)[O-])cc2Cl)c1. The number of nitro groups is 1. The third-order valence-electron chi connectivity index (χ3n) is 3.43. The molecule has 0 bridgehead atoms. The average molecular weight is 308 g/mol. The van der Waals surface area contributed by atoms with Gasteiger partial charge in [0.15, 0.2) is 0 Å². The number of hydrogen-bond acceptors (Lipinski definition) is 3. The highest BCUT2D eigenvalue weighted by Gasteiger charge is 2.10. The summed E-state index contributed by atoms with van der Waals surface area (Å²) >= 11 is 6.10. The Bertz CT molecular complexity index is 640. The van der Waals surface area contributed by atoms with Gasteiger partial charge in [-0.15, -0.1) is 0 Å². The molecule has 2 aromatic rings. The maximum absolute atomic E-state index is 10.7. The molecule has 5 nitrogen and oxygen atoms in total. The summed E-state index contributed by atoms with van der Waals surface area (Å²) < 4.78 is 2.00. The summed E-state index contributed by atoms with van der Waals surface area (Å²) in [5.41, 5.74) is 7.98. The highest BCUT2D eigenvalue weighted by Crippen LogP contribution is 2.23. The van der Waals surface area contributed by atoms with E-state index in [-0.39, 0.29) is 11.7 Å². The zero-order valence-electron chi connectivity index (χ0n) is 11.8. The van der Waals surface area contributed by atoms with Crippen molar-refractivity contribution in [1.29, 1.82) is 0 Å². The van der Waals surface area contributed by atoms with Crippen LogP contribution in [0.3, 0.4) is 0 Å². The summed E-state index contributed by atoms with van der Waals surface area (Å²) in [5, 5.41) is 11.1. The molecule has 0 aliphatic rings. The van der Waals surface area contributed by atoms with Crippen molar-refractivity contribution in [3.8, 4) is 0 Å². The van der Waals surface area contributed by atoms with E-state index in [0.717, 1.165) is 18.4 Å². The quantitative estimate of drug-likeness (QED) is 0.656. The second-order valence-electron chi connectivity index (χ2n) is 5.10. The fourth-order valence-corrected chi connectivity index (χ4v) is 2.37. The molecule has 0 spiro atoms. The van der Waals surface area contributed by atoms with Crippen LogP contribution in [0.5, 0.6) is 0 Å². The zero-order valence-corrected chi connectivity index (χ0v) is 12.6. The van der Waals surface area contributed by atoms with Crippen molar-refractivity contribution < 1.29 is 4.92 Å². The number of halogens is 1. The molecule has 0 saturated heterocycles. The van der Waals surface area contributed by atoms with E-state index >= 15 is 0 Å². The molecule has 1 aromatic carbocycles. The third-order valence-corrected chi connectivity index (χ3v) is 3.79. The summed E-state index contributed by atoms with van der Waals surface area (Å²) in [5.74, 6) is 0. The van der Waals surface area contributed by atoms with Gasteiger partial charge in [0, 0.05) is 37.1 Å². The first kappa shape index (κ1) is 15.5. The summed E-state index contributed by atoms with van der Waals surface area (Å²) in [6.07, 6.45) is 5.79. The number of hydrogen-bond donors (Lipinski definition) is 1. The molecule has 0 fully saturated rings. The number of nitro benzene ring substituents is 1. The Labute approximate surface area is 128 Å². The molecule has 0 aliphatic heterocycles. The van der Waals surface area contributed by atoms with Gasteiger partial charge >= 0.3 is 0 Å². The van der Waals surface area contributed by atoms with Crippen LogP contribution in [0, 0.1) is 10.1 Å². The minimum atomic E-state index is -0.449. The van der Waals surface area contributed by atoms with Crippen molar-refractivity contribution in [3.05, 3.63) is 62.9 Å². The predicted molar refractivity (Wildman–Crippen MR) is 83.6 cm³/mol. The first-order chi connectivity index (χ1) is 9.99. The van der Waals surface area contributed by atoms with E-state index in [1.165, 1.54) is 17.7 Å². The highest BCUT2D eigenvalue weighted by molar-refractivity contribution is 6.31. The largest absolute Gasteiger partial charge is 0.350 e. The number of nitrogens with two attached hydrogens (primary N) is 1. The van der Waals surface area contributed by atoms with E-state index in [0.29, 0.717) is 11.6 Å². The van der Waals surface area contributed by atoms with Gasteiger partial charge in [-0.05, 0) is 36.1 Å². The third kappa shape index (κ3) is 4.06. The molecule has 0 radical (unpaired) electrons. The van der Waals surface area contributed by atoms with Gasteiger partial charge in [-0.25, -0.2) is 0 Å². The summed E-state index contributed by atoms with van der Waals surface area (Å²) in [4.78, 5) is 10.2. The van der Waals surface area contributed by atoms with Crippen molar-refractivity contribution in [2.45, 2.75) is 32.4 Å². The van der Waals surface area contributed by atoms with Crippen LogP contribution in [0.25, 0.3) is 0 Å². The summed E-state index contributed by atoms with van der Waals surface area (Å²) in [7, 11) is 0. The molecule has 21 heavy (non-hydrogen) atoms. The van der Waals surface area contributed by atoms with Crippen molar-refractivity contribution in [3.63, 3.8) is 0 Å². The van der Waals surface area contributed by atoms with Gasteiger partial charge in [0.2, 0.25) is 0 Å². The minimum Gasteiger partial charge on any atom is -0.350 e. The van der Waals surface area contributed by atoms with Crippen molar-refractivity contribution >= 4 is 17.3 Å². The average Bonchev–Trinajstić information content (AvgIpc) is 2.88. The first-order valence-corrected chi connectivity index (χ1v) is 7.20. The van der Waals surface area contributed by atoms with Crippen LogP contribution in [-0.2, 0) is 13.0 Å². The molecule has 6 heteroatoms. The van der Waals surface area contributed by atoms with Crippen LogP contribution in [0.1, 0.15) is 24.5 Å². The van der Waals surface area contributed by atoms with Gasteiger partial charge in [0.1, 0.15) is 0 Å². The Kier molecular flexibility index (Phi) is 4.98. The molecule has 1 atom stereocenters. The first-order valence-electron chi connectivity index (χ1n) is 6.82. The van der Waals surface area contributed by atoms with Crippen LogP contribution in [0.2, 0.25) is 5.02 Å². The second-order valence-corrected chi connectivity index (χ2v) is 5.50. The Morgan fingerprint density at radius 3 is 2.81 bits per heavy atom. The van der Waals surface area contributed by atoms with Crippen LogP contribution in [0.15, 0.2) is 36.7 Å². The lowest BCUT2D eigenvalue weighted by molar-refractivity contribution is -0.384. The predicted octanol–water partition coefficient (Wildman–Crippen LogP) is 3.38. The Morgan fingerprint density at radius 2 is 2.19 bits per heavy atom. The lowest BCUT2D eigenvalue weighted by Gasteiger charge is -2.07. The van der Waals surface area contributed by atoms with E-state index in [4.69, 9.17) is 17.3 Å². The molecule has 0 saturated carbocycles. The summed E-state index contributed by atoms with van der Waals surface area (Å²) in [6.45, 7) is 2.65. The Hall–Kier alpha value is -1.85. The van der Waals surface area contributed by atoms with Gasteiger partial charge in [0.05, 0.1) is 9.95 Å². The maximum Gasteiger partial charge on any atom is 0.270 e. The van der Waals surface area contributed by atoms with Gasteiger partial charge < -0.3 is 10.3 Å². The normalized spacial score (nSPS) is 12.3. The van der Waals surface area contributed by atoms with E-state index in [9.17, 15) is 10.1 Å². The lowest BCUT2D eigenvalue weighted by Crippen LogP contribution is -2.21. The van der Waals surface area contributed by atoms with Crippen LogP contribution < -0.4 is 5.73 Å². The van der Waals surface area contributed by atoms with E-state index in [1.54, 1.807) is 6.07 Å². The molecule has 2 N–H and O–H groups in total. The minimum absolute atomic E-state index is 0.00543. The smallest absolute Gasteiger partial charge is 0.270 e. The molecule has 1 heterocycles. The standard InChI is InChI=1S/C15H18ClN3O2/c1-2-13(17)7-11-5-6-18(9-11)10-12-3-4-14(19(20)21)8-15(12)16/h3-6,8-9,13H,2,7,10,17H2,1H3. The fraction of sp³-hybridized carbons (Fsp3) is 0.333. The molecular weight excluding hydrogens is 290 g/mol.